The molecule has 0 atom stereocenters. The molecule has 2 aliphatic heterocycles. The summed E-state index contributed by atoms with van der Waals surface area (Å²) in [6.45, 7) is 6.27. The van der Waals surface area contributed by atoms with Crippen molar-refractivity contribution in [2.24, 2.45) is 5.10 Å². The van der Waals surface area contributed by atoms with Crippen molar-refractivity contribution in [3.8, 4) is 0 Å². The Kier molecular flexibility index (Phi) is 7.25. The Bertz CT molecular complexity index is 1150. The van der Waals surface area contributed by atoms with Crippen LogP contribution in [-0.4, -0.2) is 73.6 Å². The number of ether oxygens (including phenoxy) is 1. The number of benzene rings is 1. The molecule has 2 aromatic heterocycles. The minimum absolute atomic E-state index is 0.215. The Labute approximate surface area is 203 Å². The van der Waals surface area contributed by atoms with Gasteiger partial charge in [-0.25, -0.2) is 14.8 Å². The van der Waals surface area contributed by atoms with Crippen LogP contribution in [0.4, 0.5) is 33.2 Å². The zero-order valence-electron chi connectivity index (χ0n) is 19.3. The fourth-order valence-corrected chi connectivity index (χ4v) is 3.99. The van der Waals surface area contributed by atoms with Gasteiger partial charge in [-0.3, -0.25) is 4.98 Å². The summed E-state index contributed by atoms with van der Waals surface area (Å²) in [5.74, 6) is -0.00738. The van der Waals surface area contributed by atoms with Crippen LogP contribution in [0.1, 0.15) is 5.69 Å². The van der Waals surface area contributed by atoms with Crippen LogP contribution >= 0.6 is 0 Å². The highest BCUT2D eigenvalue weighted by Crippen LogP contribution is 2.23. The number of morpholine rings is 1. The first kappa shape index (κ1) is 22.9. The molecule has 1 aromatic carbocycles. The van der Waals surface area contributed by atoms with Crippen molar-refractivity contribution in [3.63, 3.8) is 0 Å². The number of halogens is 1. The van der Waals surface area contributed by atoms with Crippen LogP contribution in [0.2, 0.25) is 0 Å². The first-order valence-electron chi connectivity index (χ1n) is 11.7. The van der Waals surface area contributed by atoms with Gasteiger partial charge in [-0.15, -0.1) is 0 Å². The van der Waals surface area contributed by atoms with Gasteiger partial charge >= 0.3 is 0 Å². The van der Waals surface area contributed by atoms with E-state index in [1.165, 1.54) is 5.69 Å². The van der Waals surface area contributed by atoms with E-state index < -0.39 is 5.82 Å². The largest absolute Gasteiger partial charge is 0.378 e. The number of hydrogen-bond acceptors (Lipinski definition) is 10. The molecule has 2 saturated heterocycles. The molecule has 0 radical (unpaired) electrons. The van der Waals surface area contributed by atoms with Crippen LogP contribution in [0.5, 0.6) is 0 Å². The average Bonchev–Trinajstić information content (AvgIpc) is 2.92. The molecular weight excluding hydrogens is 449 g/mol. The molecule has 0 saturated carbocycles. The van der Waals surface area contributed by atoms with Crippen molar-refractivity contribution in [2.45, 2.75) is 0 Å². The van der Waals surface area contributed by atoms with Gasteiger partial charge in [0.05, 0.1) is 43.2 Å². The van der Waals surface area contributed by atoms with Gasteiger partial charge in [-0.1, -0.05) is 6.07 Å². The number of nitrogens with zero attached hydrogens (tertiary/aromatic N) is 6. The predicted octanol–water partition coefficient (Wildman–Crippen LogP) is 2.45. The zero-order valence-corrected chi connectivity index (χ0v) is 19.3. The molecule has 35 heavy (non-hydrogen) atoms. The van der Waals surface area contributed by atoms with Gasteiger partial charge in [0.25, 0.3) is 0 Å². The summed E-state index contributed by atoms with van der Waals surface area (Å²) < 4.78 is 19.5. The van der Waals surface area contributed by atoms with E-state index in [-0.39, 0.29) is 11.8 Å². The zero-order chi connectivity index (χ0) is 23.9. The molecule has 4 heterocycles. The van der Waals surface area contributed by atoms with E-state index in [1.54, 1.807) is 12.4 Å². The lowest BCUT2D eigenvalue weighted by Gasteiger charge is -2.29. The molecule has 0 unspecified atom stereocenters. The number of nitrogens with one attached hydrogen (secondary N) is 3. The molecular formula is C24H28FN9O. The van der Waals surface area contributed by atoms with E-state index in [2.05, 4.69) is 59.2 Å². The first-order chi connectivity index (χ1) is 17.2. The van der Waals surface area contributed by atoms with Crippen molar-refractivity contribution >= 4 is 35.0 Å². The van der Waals surface area contributed by atoms with Gasteiger partial charge in [0.15, 0.2) is 11.6 Å². The summed E-state index contributed by atoms with van der Waals surface area (Å²) >= 11 is 0. The van der Waals surface area contributed by atoms with E-state index in [4.69, 9.17) is 4.74 Å². The first-order valence-corrected chi connectivity index (χ1v) is 11.7. The number of hydrogen-bond donors (Lipinski definition) is 3. The quantitative estimate of drug-likeness (QED) is 0.350. The van der Waals surface area contributed by atoms with Crippen LogP contribution < -0.4 is 25.9 Å². The van der Waals surface area contributed by atoms with Gasteiger partial charge in [0, 0.05) is 50.6 Å². The number of anilines is 5. The molecule has 10 nitrogen and oxygen atoms in total. The summed E-state index contributed by atoms with van der Waals surface area (Å²) in [4.78, 5) is 16.9. The second-order valence-electron chi connectivity index (χ2n) is 8.22. The van der Waals surface area contributed by atoms with Crippen molar-refractivity contribution in [1.82, 2.24) is 20.3 Å². The molecule has 0 bridgehead atoms. The number of rotatable bonds is 7. The maximum absolute atomic E-state index is 14.2. The number of hydrazone groups is 1. The van der Waals surface area contributed by atoms with Crippen LogP contribution in [0.15, 0.2) is 53.9 Å². The second-order valence-corrected chi connectivity index (χ2v) is 8.22. The summed E-state index contributed by atoms with van der Waals surface area (Å²) in [5, 5.41) is 10.9. The summed E-state index contributed by atoms with van der Waals surface area (Å²) in [6, 6.07) is 12.2. The maximum atomic E-state index is 14.2. The van der Waals surface area contributed by atoms with E-state index in [0.29, 0.717) is 32.0 Å². The van der Waals surface area contributed by atoms with Gasteiger partial charge in [0.1, 0.15) is 0 Å². The molecule has 5 rings (SSSR count). The van der Waals surface area contributed by atoms with Crippen molar-refractivity contribution in [2.75, 3.05) is 73.0 Å². The number of pyridine rings is 1. The van der Waals surface area contributed by atoms with Gasteiger partial charge in [-0.2, -0.15) is 10.1 Å². The fraction of sp³-hybridized carbons (Fsp3) is 0.333. The van der Waals surface area contributed by atoms with Gasteiger partial charge in [-0.05, 0) is 30.3 Å². The summed E-state index contributed by atoms with van der Waals surface area (Å²) in [7, 11) is 0. The molecule has 0 aliphatic carbocycles. The number of piperazine rings is 1. The van der Waals surface area contributed by atoms with Gasteiger partial charge < -0.3 is 25.2 Å². The Hall–Kier alpha value is -3.83. The van der Waals surface area contributed by atoms with E-state index in [9.17, 15) is 4.39 Å². The molecule has 0 amide bonds. The average molecular weight is 478 g/mol. The topological polar surface area (TPSA) is 103 Å². The SMILES string of the molecule is Fc1cnc(N/N=C/c2ccc(Nc3cccc(N4CCNCC4)c3)cn2)nc1N1CCOCC1. The molecule has 182 valence electrons. The molecule has 3 N–H and O–H groups in total. The third kappa shape index (κ3) is 6.00. The molecule has 11 heteroatoms. The van der Waals surface area contributed by atoms with Gasteiger partial charge in [0.2, 0.25) is 5.95 Å². The number of aromatic nitrogens is 3. The highest BCUT2D eigenvalue weighted by Gasteiger charge is 2.17. The fourth-order valence-electron chi connectivity index (χ4n) is 3.99. The summed E-state index contributed by atoms with van der Waals surface area (Å²) in [5.41, 5.74) is 6.51. The van der Waals surface area contributed by atoms with Crippen LogP contribution in [-0.2, 0) is 4.74 Å². The van der Waals surface area contributed by atoms with E-state index in [1.807, 2.05) is 23.1 Å². The predicted molar refractivity (Wildman–Crippen MR) is 135 cm³/mol. The van der Waals surface area contributed by atoms with Crippen molar-refractivity contribution in [3.05, 3.63) is 60.3 Å². The normalized spacial score (nSPS) is 16.5. The smallest absolute Gasteiger partial charge is 0.245 e. The lowest BCUT2D eigenvalue weighted by Crippen LogP contribution is -2.43. The highest BCUT2D eigenvalue weighted by atomic mass is 19.1. The van der Waals surface area contributed by atoms with Crippen LogP contribution in [0.3, 0.4) is 0 Å². The molecule has 3 aromatic rings. The maximum Gasteiger partial charge on any atom is 0.245 e. The Balaban J connectivity index is 1.18. The van der Waals surface area contributed by atoms with Crippen LogP contribution in [0.25, 0.3) is 0 Å². The lowest BCUT2D eigenvalue weighted by atomic mass is 10.2. The summed E-state index contributed by atoms with van der Waals surface area (Å²) in [6.07, 6.45) is 4.46. The Morgan fingerprint density at radius 2 is 1.83 bits per heavy atom. The third-order valence-corrected chi connectivity index (χ3v) is 5.80. The minimum Gasteiger partial charge on any atom is -0.378 e. The molecule has 0 spiro atoms. The van der Waals surface area contributed by atoms with E-state index >= 15 is 0 Å². The van der Waals surface area contributed by atoms with Crippen molar-refractivity contribution < 1.29 is 9.13 Å². The monoisotopic (exact) mass is 477 g/mol. The third-order valence-electron chi connectivity index (χ3n) is 5.80. The minimum atomic E-state index is -0.468. The molecule has 2 aliphatic rings. The highest BCUT2D eigenvalue weighted by molar-refractivity contribution is 5.78. The standard InChI is InChI=1S/C24H28FN9O/c25-22-17-28-24(31-23(22)34-10-12-35-13-11-34)32-29-16-19-4-5-20(15-27-19)30-18-2-1-3-21(14-18)33-8-6-26-7-9-33/h1-5,14-17,26,30H,6-13H2,(H,28,31,32)/b29-16+. The van der Waals surface area contributed by atoms with E-state index in [0.717, 1.165) is 43.8 Å². The second kappa shape index (κ2) is 11.1. The van der Waals surface area contributed by atoms with Crippen LogP contribution in [0, 0.1) is 5.82 Å². The lowest BCUT2D eigenvalue weighted by molar-refractivity contribution is 0.122. The Morgan fingerprint density at radius 1 is 0.971 bits per heavy atom. The molecule has 2 fully saturated rings. The van der Waals surface area contributed by atoms with Crippen molar-refractivity contribution in [1.29, 1.82) is 0 Å². The Morgan fingerprint density at radius 3 is 2.63 bits per heavy atom.